The molecule has 1 unspecified atom stereocenters. The van der Waals surface area contributed by atoms with E-state index >= 15 is 0 Å². The molecule has 0 spiro atoms. The molecule has 0 rings (SSSR count). The predicted octanol–water partition coefficient (Wildman–Crippen LogP) is 0.376. The molecule has 0 aliphatic carbocycles. The van der Waals surface area contributed by atoms with Crippen molar-refractivity contribution in [3.63, 3.8) is 0 Å². The van der Waals surface area contributed by atoms with E-state index in [0.717, 1.165) is 0 Å². The van der Waals surface area contributed by atoms with Gasteiger partial charge in [-0.1, -0.05) is 5.92 Å². The summed E-state index contributed by atoms with van der Waals surface area (Å²) >= 11 is 0. The van der Waals surface area contributed by atoms with E-state index in [9.17, 15) is 5.11 Å². The minimum Gasteiger partial charge on any atom is -0.316 e. The molecule has 0 saturated carbocycles. The molecule has 0 amide bonds. The van der Waals surface area contributed by atoms with Gasteiger partial charge in [-0.15, -0.1) is 0 Å². The monoisotopic (exact) mass is 112 g/mol. The summed E-state index contributed by atoms with van der Waals surface area (Å²) in [5.41, 5.74) is 0. The fraction of sp³-hybridized carbons (Fsp3) is 0.667. The highest BCUT2D eigenvalue weighted by Crippen LogP contribution is 1.83. The van der Waals surface area contributed by atoms with Crippen LogP contribution < -0.4 is 5.32 Å². The van der Waals surface area contributed by atoms with Crippen LogP contribution in [0, 0.1) is 12.0 Å². The van der Waals surface area contributed by atoms with Crippen LogP contribution in [0.15, 0.2) is 0 Å². The minimum atomic E-state index is 0.330. The number of hydrogen-bond donors (Lipinski definition) is 1. The van der Waals surface area contributed by atoms with E-state index in [1.807, 2.05) is 14.0 Å². The Morgan fingerprint density at radius 2 is 2.38 bits per heavy atom. The van der Waals surface area contributed by atoms with Gasteiger partial charge in [0.15, 0.2) is 6.11 Å². The van der Waals surface area contributed by atoms with Gasteiger partial charge in [0.25, 0.3) is 0 Å². The average Bonchev–Trinajstić information content (AvgIpc) is 1.83. The number of hydrogen-bond acceptors (Lipinski definition) is 1. The summed E-state index contributed by atoms with van der Waals surface area (Å²) in [5.74, 6) is 2.43. The summed E-state index contributed by atoms with van der Waals surface area (Å²) in [7, 11) is 1.84. The normalized spacial score (nSPS) is 11.8. The van der Waals surface area contributed by atoms with Gasteiger partial charge < -0.3 is 5.32 Å². The van der Waals surface area contributed by atoms with E-state index in [2.05, 4.69) is 11.2 Å². The lowest BCUT2D eigenvalue weighted by Gasteiger charge is -2.01. The molecule has 0 aliphatic heterocycles. The van der Waals surface area contributed by atoms with Gasteiger partial charge in [-0.05, 0) is 14.0 Å². The zero-order chi connectivity index (χ0) is 6.41. The summed E-state index contributed by atoms with van der Waals surface area (Å²) in [5, 5.41) is 12.5. The summed E-state index contributed by atoms with van der Waals surface area (Å²) in [6.45, 7) is 1.98. The molecule has 45 valence electrons. The standard InChI is InChI=1S/C6H10NO/c1-6(7-2)4-3-5-8/h6-7H,4H2,1-2H3. The Labute approximate surface area is 49.9 Å². The molecule has 0 saturated heterocycles. The highest BCUT2D eigenvalue weighted by Gasteiger charge is 1.90. The zero-order valence-electron chi connectivity index (χ0n) is 5.19. The molecule has 1 atom stereocenters. The van der Waals surface area contributed by atoms with E-state index < -0.39 is 0 Å². The molecule has 1 N–H and O–H groups in total. The molecule has 0 aromatic heterocycles. The van der Waals surface area contributed by atoms with Gasteiger partial charge in [-0.25, -0.2) is 5.11 Å². The lowest BCUT2D eigenvalue weighted by atomic mass is 10.2. The third kappa shape index (κ3) is 3.51. The second-order valence-corrected chi connectivity index (χ2v) is 1.67. The van der Waals surface area contributed by atoms with Crippen LogP contribution in [0.5, 0.6) is 0 Å². The molecule has 1 radical (unpaired) electrons. The molecular weight excluding hydrogens is 102 g/mol. The number of nitrogens with one attached hydrogen (secondary N) is 1. The van der Waals surface area contributed by atoms with E-state index in [0.29, 0.717) is 12.5 Å². The highest BCUT2D eigenvalue weighted by molar-refractivity contribution is 4.92. The second-order valence-electron chi connectivity index (χ2n) is 1.67. The Kier molecular flexibility index (Phi) is 4.10. The Bertz CT molecular complexity index is 101. The van der Waals surface area contributed by atoms with Gasteiger partial charge in [-0.3, -0.25) is 0 Å². The lowest BCUT2D eigenvalue weighted by molar-refractivity contribution is 0.390. The minimum absolute atomic E-state index is 0.330. The van der Waals surface area contributed by atoms with Crippen molar-refractivity contribution < 1.29 is 5.11 Å². The Hall–Kier alpha value is -0.680. The van der Waals surface area contributed by atoms with Crippen LogP contribution in [0.1, 0.15) is 13.3 Å². The summed E-state index contributed by atoms with van der Waals surface area (Å²) in [6, 6.07) is 0.330. The van der Waals surface area contributed by atoms with E-state index in [4.69, 9.17) is 0 Å². The van der Waals surface area contributed by atoms with Gasteiger partial charge in [0, 0.05) is 12.5 Å². The van der Waals surface area contributed by atoms with Crippen LogP contribution in [-0.4, -0.2) is 13.1 Å². The van der Waals surface area contributed by atoms with Gasteiger partial charge in [-0.2, -0.15) is 0 Å². The maximum Gasteiger partial charge on any atom is 0.172 e. The quantitative estimate of drug-likeness (QED) is 0.514. The van der Waals surface area contributed by atoms with Gasteiger partial charge in [0.05, 0.1) is 0 Å². The molecule has 8 heavy (non-hydrogen) atoms. The smallest absolute Gasteiger partial charge is 0.172 e. The van der Waals surface area contributed by atoms with Crippen LogP contribution in [-0.2, 0) is 5.11 Å². The van der Waals surface area contributed by atoms with Crippen LogP contribution in [0.4, 0.5) is 0 Å². The third-order valence-corrected chi connectivity index (χ3v) is 0.973. The van der Waals surface area contributed by atoms with Crippen molar-refractivity contribution in [1.82, 2.24) is 5.32 Å². The Morgan fingerprint density at radius 3 is 2.75 bits per heavy atom. The van der Waals surface area contributed by atoms with Crippen molar-refractivity contribution in [3.8, 4) is 12.0 Å². The fourth-order valence-corrected chi connectivity index (χ4v) is 0.297. The summed E-state index contributed by atoms with van der Waals surface area (Å²) in [4.78, 5) is 0. The first-order chi connectivity index (χ1) is 3.81. The summed E-state index contributed by atoms with van der Waals surface area (Å²) < 4.78 is 0. The molecule has 0 aliphatic rings. The van der Waals surface area contributed by atoms with Crippen molar-refractivity contribution in [3.05, 3.63) is 0 Å². The molecule has 0 aromatic rings. The number of rotatable bonds is 2. The van der Waals surface area contributed by atoms with E-state index in [-0.39, 0.29) is 0 Å². The topological polar surface area (TPSA) is 31.9 Å². The molecule has 0 heterocycles. The predicted molar refractivity (Wildman–Crippen MR) is 31.6 cm³/mol. The van der Waals surface area contributed by atoms with Crippen molar-refractivity contribution in [1.29, 1.82) is 0 Å². The maximum atomic E-state index is 9.56. The first-order valence-electron chi connectivity index (χ1n) is 2.58. The van der Waals surface area contributed by atoms with Crippen LogP contribution in [0.2, 0.25) is 0 Å². The maximum absolute atomic E-state index is 9.56. The zero-order valence-corrected chi connectivity index (χ0v) is 5.19. The van der Waals surface area contributed by atoms with E-state index in [1.165, 1.54) is 0 Å². The first kappa shape index (κ1) is 7.32. The van der Waals surface area contributed by atoms with Gasteiger partial charge >= 0.3 is 0 Å². The van der Waals surface area contributed by atoms with Gasteiger partial charge in [0.2, 0.25) is 0 Å². The largest absolute Gasteiger partial charge is 0.316 e. The fourth-order valence-electron chi connectivity index (χ4n) is 0.297. The molecule has 0 bridgehead atoms. The van der Waals surface area contributed by atoms with Crippen molar-refractivity contribution in [2.75, 3.05) is 7.05 Å². The van der Waals surface area contributed by atoms with Crippen LogP contribution in [0.25, 0.3) is 0 Å². The molecule has 2 heteroatoms. The third-order valence-electron chi connectivity index (χ3n) is 0.973. The first-order valence-corrected chi connectivity index (χ1v) is 2.58. The van der Waals surface area contributed by atoms with Crippen LogP contribution in [0.3, 0.4) is 0 Å². The SMILES string of the molecule is CNC(C)CC#C[O]. The Morgan fingerprint density at radius 1 is 1.75 bits per heavy atom. The van der Waals surface area contributed by atoms with Crippen molar-refractivity contribution >= 4 is 0 Å². The highest BCUT2D eigenvalue weighted by atomic mass is 16.2. The molecule has 0 fully saturated rings. The van der Waals surface area contributed by atoms with Crippen molar-refractivity contribution in [2.45, 2.75) is 19.4 Å². The van der Waals surface area contributed by atoms with Gasteiger partial charge in [0.1, 0.15) is 0 Å². The molecular formula is C6H10NO. The lowest BCUT2D eigenvalue weighted by Crippen LogP contribution is -2.19. The second kappa shape index (κ2) is 4.48. The molecule has 2 nitrogen and oxygen atoms in total. The summed E-state index contributed by atoms with van der Waals surface area (Å²) in [6.07, 6.45) is 2.23. The van der Waals surface area contributed by atoms with Crippen LogP contribution >= 0.6 is 0 Å². The Balaban J connectivity index is 3.19. The van der Waals surface area contributed by atoms with E-state index in [1.54, 1.807) is 6.11 Å². The molecule has 0 aromatic carbocycles. The average molecular weight is 112 g/mol. The van der Waals surface area contributed by atoms with Crippen molar-refractivity contribution in [2.24, 2.45) is 0 Å².